The fourth-order valence-corrected chi connectivity index (χ4v) is 4.35. The predicted molar refractivity (Wildman–Crippen MR) is 134 cm³/mol. The van der Waals surface area contributed by atoms with Gasteiger partial charge in [0.2, 0.25) is 10.9 Å². The van der Waals surface area contributed by atoms with E-state index in [2.05, 4.69) is 20.8 Å². The summed E-state index contributed by atoms with van der Waals surface area (Å²) in [4.78, 5) is 35.3. The minimum Gasteiger partial charge on any atom is -0.508 e. The van der Waals surface area contributed by atoms with E-state index in [-0.39, 0.29) is 22.1 Å². The van der Waals surface area contributed by atoms with E-state index in [4.69, 9.17) is 17.4 Å². The molecule has 0 fully saturated rings. The number of nitrogens with zero attached hydrogens (tertiary/aromatic N) is 5. The van der Waals surface area contributed by atoms with Crippen LogP contribution < -0.4 is 11.2 Å². The van der Waals surface area contributed by atoms with Gasteiger partial charge in [-0.3, -0.25) is 9.59 Å². The molecule has 2 heterocycles. The lowest BCUT2D eigenvalue weighted by Crippen LogP contribution is -2.58. The number of phenols is 1. The molecule has 2 aromatic heterocycles. The number of carbonyl (C=O) groups is 3. The number of thiophene rings is 1. The number of hydrazine groups is 1. The van der Waals surface area contributed by atoms with Crippen LogP contribution in [0.15, 0.2) is 66.0 Å². The van der Waals surface area contributed by atoms with Crippen molar-refractivity contribution in [2.45, 2.75) is 18.0 Å². The third-order valence-corrected chi connectivity index (χ3v) is 6.72. The van der Waals surface area contributed by atoms with Crippen LogP contribution in [0.3, 0.4) is 0 Å². The summed E-state index contributed by atoms with van der Waals surface area (Å²) >= 11 is 7.28. The molecule has 4 rings (SSSR count). The third kappa shape index (κ3) is 5.58. The lowest BCUT2D eigenvalue weighted by Gasteiger charge is -2.31. The number of amides is 1. The molecule has 4 aromatic rings. The number of aromatic nitrogens is 4. The maximum Gasteiger partial charge on any atom is 0.347 e. The Morgan fingerprint density at radius 3 is 2.59 bits per heavy atom. The van der Waals surface area contributed by atoms with E-state index < -0.39 is 29.1 Å². The number of hydrogen-bond donors (Lipinski definition) is 4. The molecule has 0 bridgehead atoms. The molecule has 0 spiro atoms. The molecule has 1 atom stereocenters. The van der Waals surface area contributed by atoms with Crippen LogP contribution in [0.2, 0.25) is 0 Å². The average molecular weight is 542 g/mol. The quantitative estimate of drug-likeness (QED) is 0.0582. The van der Waals surface area contributed by atoms with Gasteiger partial charge in [0, 0.05) is 17.5 Å². The Morgan fingerprint density at radius 2 is 1.89 bits per heavy atom. The predicted octanol–water partition coefficient (Wildman–Crippen LogP) is 2.65. The van der Waals surface area contributed by atoms with Gasteiger partial charge in [-0.1, -0.05) is 47.0 Å². The van der Waals surface area contributed by atoms with Gasteiger partial charge in [0.15, 0.2) is 5.78 Å². The van der Waals surface area contributed by atoms with Gasteiger partial charge >= 0.3 is 5.97 Å². The molecule has 1 amide bonds. The Labute approximate surface area is 218 Å². The molecule has 0 unspecified atom stereocenters. The number of nitrogens with one attached hydrogen (secondary N) is 1. The highest BCUT2D eigenvalue weighted by molar-refractivity contribution is 7.12. The number of hydrogen-bond acceptors (Lipinski definition) is 10. The summed E-state index contributed by atoms with van der Waals surface area (Å²) in [5.41, 5.74) is 1.35. The van der Waals surface area contributed by atoms with E-state index in [9.17, 15) is 24.6 Å². The summed E-state index contributed by atoms with van der Waals surface area (Å²) in [6, 6.07) is 15.9. The number of rotatable bonds is 10. The van der Waals surface area contributed by atoms with E-state index in [1.54, 1.807) is 41.8 Å². The Bertz CT molecular complexity index is 1440. The van der Waals surface area contributed by atoms with Gasteiger partial charge in [0.1, 0.15) is 5.75 Å². The summed E-state index contributed by atoms with van der Waals surface area (Å²) in [6.45, 7) is 0.319. The van der Waals surface area contributed by atoms with E-state index in [0.717, 1.165) is 16.9 Å². The molecule has 5 N–H and O–H groups in total. The summed E-state index contributed by atoms with van der Waals surface area (Å²) in [7, 11) is 0. The number of alkyl halides is 1. The topological polar surface area (TPSA) is 177 Å². The minimum atomic E-state index is -2.52. The highest BCUT2D eigenvalue weighted by Crippen LogP contribution is 2.29. The van der Waals surface area contributed by atoms with Gasteiger partial charge in [0.05, 0.1) is 17.0 Å². The van der Waals surface area contributed by atoms with Crippen LogP contribution in [0, 0.1) is 0 Å². The number of nitrogens with two attached hydrogens (primary N) is 1. The third-order valence-electron chi connectivity index (χ3n) is 5.28. The van der Waals surface area contributed by atoms with Gasteiger partial charge in [-0.25, -0.2) is 15.6 Å². The van der Waals surface area contributed by atoms with Crippen molar-refractivity contribution in [2.24, 2.45) is 5.84 Å². The Balaban J connectivity index is 1.49. The minimum absolute atomic E-state index is 0.117. The molecule has 0 aliphatic carbocycles. The molecule has 0 radical (unpaired) electrons. The van der Waals surface area contributed by atoms with Crippen molar-refractivity contribution in [3.05, 3.63) is 82.0 Å². The molecule has 12 nitrogen and oxygen atoms in total. The zero-order valence-corrected chi connectivity index (χ0v) is 20.6. The van der Waals surface area contributed by atoms with Crippen LogP contribution in [-0.4, -0.2) is 58.1 Å². The van der Waals surface area contributed by atoms with Crippen molar-refractivity contribution in [3.8, 4) is 11.4 Å². The number of aromatic hydroxyl groups is 1. The number of anilines is 1. The zero-order chi connectivity index (χ0) is 26.6. The van der Waals surface area contributed by atoms with Crippen LogP contribution in [0.4, 0.5) is 5.95 Å². The normalized spacial score (nSPS) is 12.5. The number of carbonyl (C=O) groups excluding carboxylic acids is 2. The Morgan fingerprint density at radius 1 is 1.14 bits per heavy atom. The first-order valence-corrected chi connectivity index (χ1v) is 11.9. The van der Waals surface area contributed by atoms with Crippen LogP contribution in [0.1, 0.15) is 32.0 Å². The van der Waals surface area contributed by atoms with Crippen LogP contribution in [-0.2, 0) is 11.3 Å². The Hall–Kier alpha value is -4.33. The van der Waals surface area contributed by atoms with E-state index >= 15 is 0 Å². The SMILES string of the molecule is NN(C(=O)c1ccccc1)[C@@](Cl)(CC(=O)c1cc(-n2nnnc2NCc2cccc(O)c2)cs1)C(=O)O. The first-order chi connectivity index (χ1) is 17.7. The van der Waals surface area contributed by atoms with Crippen LogP contribution in [0.5, 0.6) is 5.75 Å². The monoisotopic (exact) mass is 541 g/mol. The molecule has 0 aliphatic heterocycles. The number of Topliss-reactive ketones (excluding diaryl/α,β-unsaturated/α-hetero) is 1. The number of phenolic OH excluding ortho intramolecular Hbond substituents is 1. The second-order valence-corrected chi connectivity index (χ2v) is 9.35. The molecule has 0 saturated heterocycles. The summed E-state index contributed by atoms with van der Waals surface area (Å²) in [5, 5.41) is 35.9. The molecule has 2 aromatic carbocycles. The van der Waals surface area contributed by atoms with Gasteiger partial charge in [-0.2, -0.15) is 4.68 Å². The smallest absolute Gasteiger partial charge is 0.347 e. The summed E-state index contributed by atoms with van der Waals surface area (Å²) < 4.78 is 1.36. The lowest BCUT2D eigenvalue weighted by molar-refractivity contribution is -0.144. The van der Waals surface area contributed by atoms with Gasteiger partial charge in [-0.15, -0.1) is 11.3 Å². The molecule has 0 saturated carbocycles. The Kier molecular flexibility index (Phi) is 7.47. The van der Waals surface area contributed by atoms with Crippen LogP contribution >= 0.6 is 22.9 Å². The fourth-order valence-electron chi connectivity index (χ4n) is 3.35. The number of tetrazole rings is 1. The number of aliphatic carboxylic acids is 1. The molecule has 14 heteroatoms. The van der Waals surface area contributed by atoms with Crippen molar-refractivity contribution in [1.82, 2.24) is 25.2 Å². The number of ketones is 1. The summed E-state index contributed by atoms with van der Waals surface area (Å²) in [6.07, 6.45) is -0.781. The van der Waals surface area contributed by atoms with Crippen LogP contribution in [0.25, 0.3) is 5.69 Å². The van der Waals surface area contributed by atoms with Crippen molar-refractivity contribution < 1.29 is 24.6 Å². The standard InChI is InChI=1S/C23H20ClN7O5S/c24-23(21(35)36,31(25)20(34)15-6-2-1-3-7-15)11-18(33)19-10-16(13-37-19)30-22(27-28-29-30)26-12-14-5-4-8-17(32)9-14/h1-10,13,32H,11-12,25H2,(H,35,36)(H,26,27,29)/t23-/m0/s1. The van der Waals surface area contributed by atoms with Crippen molar-refractivity contribution >= 4 is 46.5 Å². The number of carboxylic acids is 1. The zero-order valence-electron chi connectivity index (χ0n) is 19.0. The first-order valence-electron chi connectivity index (χ1n) is 10.7. The highest BCUT2D eigenvalue weighted by atomic mass is 35.5. The van der Waals surface area contributed by atoms with Crippen molar-refractivity contribution in [1.29, 1.82) is 0 Å². The largest absolute Gasteiger partial charge is 0.508 e. The number of carboxylic acid groups (broad SMARTS) is 1. The summed E-state index contributed by atoms with van der Waals surface area (Å²) in [5.74, 6) is 3.07. The molecule has 37 heavy (non-hydrogen) atoms. The maximum atomic E-state index is 13.0. The first kappa shape index (κ1) is 25.8. The second-order valence-electron chi connectivity index (χ2n) is 7.81. The van der Waals surface area contributed by atoms with Crippen molar-refractivity contribution in [2.75, 3.05) is 5.32 Å². The fraction of sp³-hybridized carbons (Fsp3) is 0.130. The molecule has 0 aliphatic rings. The van der Waals surface area contributed by atoms with E-state index in [1.165, 1.54) is 22.9 Å². The lowest BCUT2D eigenvalue weighted by atomic mass is 10.1. The second kappa shape index (κ2) is 10.7. The molecule has 190 valence electrons. The van der Waals surface area contributed by atoms with Gasteiger partial charge < -0.3 is 15.5 Å². The van der Waals surface area contributed by atoms with E-state index in [0.29, 0.717) is 17.2 Å². The molecular weight excluding hydrogens is 522 g/mol. The maximum absolute atomic E-state index is 13.0. The van der Waals surface area contributed by atoms with E-state index in [1.807, 2.05) is 6.07 Å². The van der Waals surface area contributed by atoms with Crippen molar-refractivity contribution in [3.63, 3.8) is 0 Å². The van der Waals surface area contributed by atoms with Gasteiger partial charge in [-0.05, 0) is 46.3 Å². The van der Waals surface area contributed by atoms with Gasteiger partial charge in [0.25, 0.3) is 5.91 Å². The number of halogens is 1. The molecular formula is C23H20ClN7O5S. The average Bonchev–Trinajstić information content (AvgIpc) is 3.56. The highest BCUT2D eigenvalue weighted by Gasteiger charge is 2.46. The number of benzene rings is 2.